The second-order valence-electron chi connectivity index (χ2n) is 7.91. The van der Waals surface area contributed by atoms with E-state index in [0.717, 1.165) is 38.0 Å². The van der Waals surface area contributed by atoms with Crippen LogP contribution in [0.25, 0.3) is 0 Å². The molecule has 0 bridgehead atoms. The van der Waals surface area contributed by atoms with Crippen molar-refractivity contribution in [3.05, 3.63) is 65.0 Å². The molecule has 0 spiro atoms. The number of amides is 1. The summed E-state index contributed by atoms with van der Waals surface area (Å²) in [4.78, 5) is 12.8. The highest BCUT2D eigenvalue weighted by molar-refractivity contribution is 7.92. The lowest BCUT2D eigenvalue weighted by atomic mass is 9.68. The lowest BCUT2D eigenvalue weighted by Crippen LogP contribution is -2.42. The molecule has 0 aliphatic heterocycles. The maximum Gasteiger partial charge on any atom is 0.251 e. The molecule has 1 saturated carbocycles. The molecule has 7 heteroatoms. The molecule has 1 aliphatic carbocycles. The lowest BCUT2D eigenvalue weighted by molar-refractivity contribution is 0.0936. The van der Waals surface area contributed by atoms with Gasteiger partial charge in [0, 0.05) is 17.5 Å². The highest BCUT2D eigenvalue weighted by atomic mass is 32.2. The summed E-state index contributed by atoms with van der Waals surface area (Å²) in [5.41, 5.74) is 2.34. The third-order valence-electron chi connectivity index (χ3n) is 5.64. The Morgan fingerprint density at radius 3 is 2.45 bits per heavy atom. The van der Waals surface area contributed by atoms with E-state index in [1.807, 2.05) is 12.1 Å². The van der Waals surface area contributed by atoms with Crippen LogP contribution in [0.5, 0.6) is 0 Å². The largest absolute Gasteiger partial charge is 0.351 e. The van der Waals surface area contributed by atoms with E-state index in [2.05, 4.69) is 29.1 Å². The van der Waals surface area contributed by atoms with E-state index in [0.29, 0.717) is 6.54 Å². The van der Waals surface area contributed by atoms with Gasteiger partial charge in [-0.3, -0.25) is 9.52 Å². The Balaban J connectivity index is 1.81. The molecule has 0 saturated heterocycles. The maximum atomic E-state index is 13.9. The van der Waals surface area contributed by atoms with E-state index < -0.39 is 15.8 Å². The minimum absolute atomic E-state index is 0.118. The van der Waals surface area contributed by atoms with E-state index in [1.165, 1.54) is 29.7 Å². The summed E-state index contributed by atoms with van der Waals surface area (Å²) in [6, 6.07) is 12.0. The Hall–Kier alpha value is -2.41. The molecule has 2 aromatic carbocycles. The monoisotopic (exact) mass is 418 g/mol. The molecule has 1 amide bonds. The summed E-state index contributed by atoms with van der Waals surface area (Å²) in [5, 5.41) is 3.01. The van der Waals surface area contributed by atoms with Crippen LogP contribution in [0.3, 0.4) is 0 Å². The van der Waals surface area contributed by atoms with Crippen LogP contribution in [0.4, 0.5) is 10.1 Å². The van der Waals surface area contributed by atoms with Crippen molar-refractivity contribution in [2.75, 3.05) is 17.5 Å². The van der Waals surface area contributed by atoms with Gasteiger partial charge in [0.25, 0.3) is 5.91 Å². The minimum atomic E-state index is -3.64. The average Bonchev–Trinajstić information content (AvgIpc) is 2.68. The number of nitrogens with one attached hydrogen (secondary N) is 2. The molecule has 2 aromatic rings. The van der Waals surface area contributed by atoms with Crippen LogP contribution in [0.2, 0.25) is 0 Å². The number of benzene rings is 2. The number of rotatable bonds is 6. The molecule has 1 fully saturated rings. The Morgan fingerprint density at radius 1 is 1.10 bits per heavy atom. The summed E-state index contributed by atoms with van der Waals surface area (Å²) in [5.74, 6) is -1.07. The number of carbonyl (C=O) groups excluding carboxylic acids is 1. The van der Waals surface area contributed by atoms with Crippen LogP contribution >= 0.6 is 0 Å². The van der Waals surface area contributed by atoms with Crippen LogP contribution in [0, 0.1) is 12.7 Å². The van der Waals surface area contributed by atoms with Crippen molar-refractivity contribution in [2.45, 2.75) is 44.4 Å². The van der Waals surface area contributed by atoms with Gasteiger partial charge in [0.05, 0.1) is 11.9 Å². The van der Waals surface area contributed by atoms with Crippen molar-refractivity contribution in [1.29, 1.82) is 0 Å². The average molecular weight is 419 g/mol. The topological polar surface area (TPSA) is 75.3 Å². The third-order valence-corrected chi connectivity index (χ3v) is 6.23. The van der Waals surface area contributed by atoms with E-state index in [9.17, 15) is 17.6 Å². The van der Waals surface area contributed by atoms with Crippen LogP contribution < -0.4 is 10.0 Å². The first-order valence-corrected chi connectivity index (χ1v) is 11.7. The Labute approximate surface area is 171 Å². The van der Waals surface area contributed by atoms with Gasteiger partial charge in [-0.15, -0.1) is 0 Å². The first-order valence-electron chi connectivity index (χ1n) is 9.82. The Morgan fingerprint density at radius 2 is 1.79 bits per heavy atom. The molecule has 0 atom stereocenters. The Bertz CT molecular complexity index is 999. The predicted molar refractivity (Wildman–Crippen MR) is 113 cm³/mol. The fourth-order valence-corrected chi connectivity index (χ4v) is 4.79. The number of sulfonamides is 1. The van der Waals surface area contributed by atoms with E-state index >= 15 is 0 Å². The van der Waals surface area contributed by atoms with E-state index in [-0.39, 0.29) is 22.6 Å². The number of carbonyl (C=O) groups is 1. The molecule has 1 aliphatic rings. The number of hydrogen-bond acceptors (Lipinski definition) is 3. The summed E-state index contributed by atoms with van der Waals surface area (Å²) in [6.07, 6.45) is 6.37. The Kier molecular flexibility index (Phi) is 6.27. The van der Waals surface area contributed by atoms with Crippen LogP contribution in [0.1, 0.15) is 53.6 Å². The van der Waals surface area contributed by atoms with Gasteiger partial charge in [-0.05, 0) is 49.1 Å². The quantitative estimate of drug-likeness (QED) is 0.740. The second-order valence-corrected chi connectivity index (χ2v) is 9.66. The highest BCUT2D eigenvalue weighted by Gasteiger charge is 2.35. The number of anilines is 1. The summed E-state index contributed by atoms with van der Waals surface area (Å²) in [7, 11) is -3.64. The van der Waals surface area contributed by atoms with Crippen molar-refractivity contribution >= 4 is 21.6 Å². The van der Waals surface area contributed by atoms with Crippen LogP contribution in [0.15, 0.2) is 42.5 Å². The van der Waals surface area contributed by atoms with Crippen LogP contribution in [-0.2, 0) is 15.4 Å². The van der Waals surface area contributed by atoms with Crippen molar-refractivity contribution in [2.24, 2.45) is 0 Å². The summed E-state index contributed by atoms with van der Waals surface area (Å²) >= 11 is 0. The van der Waals surface area contributed by atoms with Gasteiger partial charge >= 0.3 is 0 Å². The fraction of sp³-hybridized carbons (Fsp3) is 0.409. The van der Waals surface area contributed by atoms with Gasteiger partial charge in [0.1, 0.15) is 5.82 Å². The zero-order valence-electron chi connectivity index (χ0n) is 16.8. The second kappa shape index (κ2) is 8.53. The van der Waals surface area contributed by atoms with E-state index in [4.69, 9.17) is 0 Å². The smallest absolute Gasteiger partial charge is 0.251 e. The first kappa shape index (κ1) is 21.3. The van der Waals surface area contributed by atoms with Gasteiger partial charge in [-0.1, -0.05) is 43.5 Å². The van der Waals surface area contributed by atoms with Crippen LogP contribution in [-0.4, -0.2) is 27.1 Å². The molecule has 5 nitrogen and oxygen atoms in total. The van der Waals surface area contributed by atoms with E-state index in [1.54, 1.807) is 0 Å². The van der Waals surface area contributed by atoms with Crippen molar-refractivity contribution in [1.82, 2.24) is 5.32 Å². The third kappa shape index (κ3) is 5.15. The van der Waals surface area contributed by atoms with Gasteiger partial charge < -0.3 is 5.32 Å². The molecule has 0 aromatic heterocycles. The first-order chi connectivity index (χ1) is 13.7. The molecular weight excluding hydrogens is 391 g/mol. The number of aryl methyl sites for hydroxylation is 1. The van der Waals surface area contributed by atoms with Gasteiger partial charge in [0.2, 0.25) is 10.0 Å². The van der Waals surface area contributed by atoms with Gasteiger partial charge in [-0.25, -0.2) is 12.8 Å². The molecule has 0 radical (unpaired) electrons. The van der Waals surface area contributed by atoms with Crippen molar-refractivity contribution in [3.8, 4) is 0 Å². The molecule has 29 heavy (non-hydrogen) atoms. The summed E-state index contributed by atoms with van der Waals surface area (Å²) < 4.78 is 38.9. The standard InChI is InChI=1S/C22H27FN2O3S/c1-16-8-4-5-9-18(16)22(12-6-3-7-13-22)15-24-21(26)17-10-11-19(23)20(14-17)25-29(2,27)28/h4-5,8-11,14,25H,3,6-7,12-13,15H2,1-2H3,(H,24,26). The number of halogens is 1. The predicted octanol–water partition coefficient (Wildman–Crippen LogP) is 4.14. The molecule has 156 valence electrons. The SMILES string of the molecule is Cc1ccccc1C1(CNC(=O)c2ccc(F)c(NS(C)(=O)=O)c2)CCCCC1. The molecular formula is C22H27FN2O3S. The van der Waals surface area contributed by atoms with Gasteiger partial charge in [0.15, 0.2) is 0 Å². The molecule has 0 heterocycles. The molecule has 3 rings (SSSR count). The van der Waals surface area contributed by atoms with Crippen molar-refractivity contribution < 1.29 is 17.6 Å². The maximum absolute atomic E-state index is 13.9. The number of hydrogen-bond donors (Lipinski definition) is 2. The zero-order chi connectivity index (χ0) is 21.1. The van der Waals surface area contributed by atoms with Crippen molar-refractivity contribution in [3.63, 3.8) is 0 Å². The minimum Gasteiger partial charge on any atom is -0.351 e. The fourth-order valence-electron chi connectivity index (χ4n) is 4.23. The van der Waals surface area contributed by atoms with Gasteiger partial charge in [-0.2, -0.15) is 0 Å². The highest BCUT2D eigenvalue weighted by Crippen LogP contribution is 2.40. The zero-order valence-corrected chi connectivity index (χ0v) is 17.6. The summed E-state index contributed by atoms with van der Waals surface area (Å²) in [6.45, 7) is 2.58. The molecule has 0 unspecified atom stereocenters. The lowest BCUT2D eigenvalue weighted by Gasteiger charge is -2.39. The normalized spacial score (nSPS) is 16.2. The molecule has 2 N–H and O–H groups in total.